The zero-order valence-electron chi connectivity index (χ0n) is 11.6. The lowest BCUT2D eigenvalue weighted by molar-refractivity contribution is 0.373. The van der Waals surface area contributed by atoms with E-state index >= 15 is 0 Å². The van der Waals surface area contributed by atoms with Crippen molar-refractivity contribution in [2.24, 2.45) is 5.10 Å². The number of furan rings is 1. The van der Waals surface area contributed by atoms with E-state index in [1.54, 1.807) is 42.8 Å². The van der Waals surface area contributed by atoms with E-state index in [1.807, 2.05) is 0 Å². The van der Waals surface area contributed by atoms with Gasteiger partial charge < -0.3 is 14.3 Å². The second-order valence-electron chi connectivity index (χ2n) is 4.32. The smallest absolute Gasteiger partial charge is 0.219 e. The van der Waals surface area contributed by atoms with E-state index in [4.69, 9.17) is 21.4 Å². The molecule has 0 unspecified atom stereocenters. The molecule has 0 fully saturated rings. The van der Waals surface area contributed by atoms with Crippen molar-refractivity contribution in [3.05, 3.63) is 46.9 Å². The summed E-state index contributed by atoms with van der Waals surface area (Å²) in [5.74, 6) is 1.44. The van der Waals surface area contributed by atoms with E-state index in [9.17, 15) is 5.11 Å². The van der Waals surface area contributed by atoms with E-state index in [0.717, 1.165) is 0 Å². The van der Waals surface area contributed by atoms with Crippen LogP contribution in [0.3, 0.4) is 0 Å². The average molecular weight is 316 g/mol. The van der Waals surface area contributed by atoms with E-state index in [1.165, 1.54) is 11.8 Å². The van der Waals surface area contributed by atoms with Crippen molar-refractivity contribution in [2.45, 2.75) is 0 Å². The van der Waals surface area contributed by atoms with Crippen LogP contribution in [0.1, 0.15) is 5.56 Å². The molecular formula is C14H12N4O3S. The zero-order chi connectivity index (χ0) is 15.5. The Morgan fingerprint density at radius 3 is 3.00 bits per heavy atom. The number of methoxy groups -OCH3 is 1. The monoisotopic (exact) mass is 316 g/mol. The average Bonchev–Trinajstić information content (AvgIpc) is 3.15. The molecule has 8 heteroatoms. The molecule has 22 heavy (non-hydrogen) atoms. The molecule has 7 nitrogen and oxygen atoms in total. The molecule has 0 saturated heterocycles. The molecule has 0 aliphatic rings. The molecule has 2 heterocycles. The molecule has 0 radical (unpaired) electrons. The van der Waals surface area contributed by atoms with Crippen molar-refractivity contribution < 1.29 is 14.3 Å². The third-order valence-corrected chi connectivity index (χ3v) is 3.18. The fourth-order valence-corrected chi connectivity index (χ4v) is 2.06. The molecule has 0 saturated carbocycles. The summed E-state index contributed by atoms with van der Waals surface area (Å²) in [6.07, 6.45) is 3.10. The molecule has 0 spiro atoms. The van der Waals surface area contributed by atoms with Gasteiger partial charge in [0.1, 0.15) is 0 Å². The molecule has 0 bridgehead atoms. The van der Waals surface area contributed by atoms with Crippen LogP contribution in [0.25, 0.3) is 11.6 Å². The highest BCUT2D eigenvalue weighted by Crippen LogP contribution is 2.25. The second kappa shape index (κ2) is 5.86. The third kappa shape index (κ3) is 2.63. The minimum atomic E-state index is 0.0356. The van der Waals surface area contributed by atoms with Gasteiger partial charge in [0.25, 0.3) is 0 Å². The number of phenolic OH excluding ortho intramolecular Hbond substituents is 1. The fourth-order valence-electron chi connectivity index (χ4n) is 1.88. The van der Waals surface area contributed by atoms with E-state index < -0.39 is 0 Å². The predicted molar refractivity (Wildman–Crippen MR) is 82.8 cm³/mol. The summed E-state index contributed by atoms with van der Waals surface area (Å²) < 4.78 is 12.1. The number of rotatable bonds is 4. The number of ether oxygens (including phenoxy) is 1. The molecule has 1 aromatic carbocycles. The van der Waals surface area contributed by atoms with Crippen LogP contribution < -0.4 is 4.74 Å². The lowest BCUT2D eigenvalue weighted by atomic mass is 10.2. The van der Waals surface area contributed by atoms with Crippen molar-refractivity contribution in [1.82, 2.24) is 14.9 Å². The van der Waals surface area contributed by atoms with Crippen molar-refractivity contribution in [1.29, 1.82) is 0 Å². The zero-order valence-corrected chi connectivity index (χ0v) is 12.4. The summed E-state index contributed by atoms with van der Waals surface area (Å²) in [6.45, 7) is 0. The van der Waals surface area contributed by atoms with E-state index in [2.05, 4.69) is 15.3 Å². The van der Waals surface area contributed by atoms with Crippen molar-refractivity contribution in [2.75, 3.05) is 7.11 Å². The first-order valence-electron chi connectivity index (χ1n) is 6.31. The Balaban J connectivity index is 1.95. The minimum Gasteiger partial charge on any atom is -0.504 e. The summed E-state index contributed by atoms with van der Waals surface area (Å²) in [6, 6.07) is 8.47. The summed E-state index contributed by atoms with van der Waals surface area (Å²) >= 11 is 5.15. The number of phenols is 1. The van der Waals surface area contributed by atoms with Gasteiger partial charge in [-0.2, -0.15) is 9.78 Å². The van der Waals surface area contributed by atoms with Crippen LogP contribution in [0.15, 0.2) is 46.1 Å². The SMILES string of the molecule is COc1ccc(/C=N\n2c(-c3ccco3)n[nH]c2=S)cc1O. The highest BCUT2D eigenvalue weighted by Gasteiger charge is 2.10. The van der Waals surface area contributed by atoms with Crippen LogP contribution >= 0.6 is 12.2 Å². The standard InChI is InChI=1S/C14H12N4O3S/c1-20-11-5-4-9(7-10(11)19)8-15-18-13(16-17-14(18)22)12-3-2-6-21-12/h2-8,19H,1H3,(H,17,22)/b15-8-. The molecular weight excluding hydrogens is 304 g/mol. The maximum absolute atomic E-state index is 9.76. The summed E-state index contributed by atoms with van der Waals surface area (Å²) in [5, 5.41) is 20.8. The maximum atomic E-state index is 9.76. The summed E-state index contributed by atoms with van der Waals surface area (Å²) in [7, 11) is 1.49. The van der Waals surface area contributed by atoms with Gasteiger partial charge in [0.15, 0.2) is 17.3 Å². The van der Waals surface area contributed by atoms with E-state index in [0.29, 0.717) is 27.7 Å². The van der Waals surface area contributed by atoms with Crippen LogP contribution in [-0.4, -0.2) is 33.3 Å². The third-order valence-electron chi connectivity index (χ3n) is 2.92. The Morgan fingerprint density at radius 1 is 1.45 bits per heavy atom. The molecule has 0 amide bonds. The number of benzene rings is 1. The quantitative estimate of drug-likeness (QED) is 0.571. The van der Waals surface area contributed by atoms with Gasteiger partial charge in [-0.15, -0.1) is 5.10 Å². The number of nitrogens with one attached hydrogen (secondary N) is 1. The molecule has 2 aromatic heterocycles. The first-order valence-corrected chi connectivity index (χ1v) is 6.72. The van der Waals surface area contributed by atoms with Gasteiger partial charge in [0.05, 0.1) is 19.6 Å². The van der Waals surface area contributed by atoms with Crippen molar-refractivity contribution in [3.8, 4) is 23.1 Å². The summed E-state index contributed by atoms with van der Waals surface area (Å²) in [5.41, 5.74) is 0.687. The van der Waals surface area contributed by atoms with Crippen LogP contribution in [0, 0.1) is 4.77 Å². The highest BCUT2D eigenvalue weighted by molar-refractivity contribution is 7.71. The van der Waals surface area contributed by atoms with Crippen LogP contribution in [0.4, 0.5) is 0 Å². The minimum absolute atomic E-state index is 0.0356. The molecule has 3 rings (SSSR count). The number of H-pyrrole nitrogens is 1. The Kier molecular flexibility index (Phi) is 3.75. The molecule has 0 atom stereocenters. The highest BCUT2D eigenvalue weighted by atomic mass is 32.1. The first-order chi connectivity index (χ1) is 10.7. The normalized spacial score (nSPS) is 11.1. The van der Waals surface area contributed by atoms with Gasteiger partial charge in [-0.05, 0) is 48.1 Å². The number of aromatic hydroxyl groups is 1. The lowest BCUT2D eigenvalue weighted by Crippen LogP contribution is -1.94. The number of hydrogen-bond donors (Lipinski definition) is 2. The van der Waals surface area contributed by atoms with Gasteiger partial charge in [-0.1, -0.05) is 0 Å². The predicted octanol–water partition coefficient (Wildman–Crippen LogP) is 2.80. The van der Waals surface area contributed by atoms with Gasteiger partial charge in [0, 0.05) is 0 Å². The molecule has 2 N–H and O–H groups in total. The number of aromatic amines is 1. The first kappa shape index (κ1) is 14.1. The number of aromatic nitrogens is 3. The van der Waals surface area contributed by atoms with E-state index in [-0.39, 0.29) is 5.75 Å². The van der Waals surface area contributed by atoms with Crippen molar-refractivity contribution in [3.63, 3.8) is 0 Å². The largest absolute Gasteiger partial charge is 0.504 e. The second-order valence-corrected chi connectivity index (χ2v) is 4.70. The van der Waals surface area contributed by atoms with Crippen LogP contribution in [0.5, 0.6) is 11.5 Å². The van der Waals surface area contributed by atoms with Gasteiger partial charge >= 0.3 is 0 Å². The number of nitrogens with zero attached hydrogens (tertiary/aromatic N) is 3. The Bertz CT molecular complexity index is 865. The Morgan fingerprint density at radius 2 is 2.32 bits per heavy atom. The van der Waals surface area contributed by atoms with Gasteiger partial charge in [0.2, 0.25) is 10.6 Å². The maximum Gasteiger partial charge on any atom is 0.219 e. The number of hydrogen-bond acceptors (Lipinski definition) is 6. The van der Waals surface area contributed by atoms with Crippen LogP contribution in [0.2, 0.25) is 0 Å². The van der Waals surface area contributed by atoms with Crippen LogP contribution in [-0.2, 0) is 0 Å². The van der Waals surface area contributed by atoms with Crippen molar-refractivity contribution >= 4 is 18.4 Å². The molecule has 3 aromatic rings. The molecule has 112 valence electrons. The molecule has 0 aliphatic heterocycles. The Labute approximate surface area is 130 Å². The summed E-state index contributed by atoms with van der Waals surface area (Å²) in [4.78, 5) is 0. The molecule has 0 aliphatic carbocycles. The van der Waals surface area contributed by atoms with Gasteiger partial charge in [-0.3, -0.25) is 0 Å². The fraction of sp³-hybridized carbons (Fsp3) is 0.0714. The lowest BCUT2D eigenvalue weighted by Gasteiger charge is -2.03. The Hall–Kier alpha value is -2.87. The van der Waals surface area contributed by atoms with Gasteiger partial charge in [-0.25, -0.2) is 5.10 Å². The topological polar surface area (TPSA) is 88.6 Å².